The van der Waals surface area contributed by atoms with Crippen LogP contribution in [0, 0.1) is 11.8 Å². The van der Waals surface area contributed by atoms with Crippen molar-refractivity contribution in [1.29, 1.82) is 0 Å². The van der Waals surface area contributed by atoms with Crippen molar-refractivity contribution in [3.05, 3.63) is 0 Å². The van der Waals surface area contributed by atoms with Crippen molar-refractivity contribution < 1.29 is 14.1 Å². The maximum Gasteiger partial charge on any atom is 0.319 e. The van der Waals surface area contributed by atoms with Crippen molar-refractivity contribution >= 4 is 16.8 Å². The summed E-state index contributed by atoms with van der Waals surface area (Å²) >= 11 is 0. The molecule has 0 aromatic carbocycles. The second-order valence-electron chi connectivity index (χ2n) is 5.23. The van der Waals surface area contributed by atoms with Gasteiger partial charge in [-0.05, 0) is 24.7 Å². The molecular weight excluding hydrogens is 224 g/mol. The number of carboxylic acids is 1. The van der Waals surface area contributed by atoms with Crippen LogP contribution in [0.1, 0.15) is 46.5 Å². The van der Waals surface area contributed by atoms with Crippen molar-refractivity contribution in [2.75, 3.05) is 0 Å². The van der Waals surface area contributed by atoms with Gasteiger partial charge in [0, 0.05) is 16.0 Å². The predicted molar refractivity (Wildman–Crippen MR) is 65.8 cm³/mol. The van der Waals surface area contributed by atoms with E-state index in [1.54, 1.807) is 0 Å². The normalized spacial score (nSPS) is 30.0. The van der Waals surface area contributed by atoms with Crippen LogP contribution in [0.15, 0.2) is 0 Å². The van der Waals surface area contributed by atoms with Crippen LogP contribution >= 0.6 is 0 Å². The van der Waals surface area contributed by atoms with Crippen molar-refractivity contribution in [3.8, 4) is 0 Å². The van der Waals surface area contributed by atoms with Gasteiger partial charge in [0.05, 0.1) is 0 Å². The van der Waals surface area contributed by atoms with E-state index < -0.39 is 22.0 Å². The Labute approximate surface area is 100 Å². The Morgan fingerprint density at radius 2 is 2.00 bits per heavy atom. The molecule has 1 aliphatic rings. The predicted octanol–water partition coefficient (Wildman–Crippen LogP) is 2.42. The standard InChI is InChI=1S/C12H22O3S/c1-8(2)11(12(13)14)16(15)10-6-4-5-9(3)7-10/h8-11H,4-7H2,1-3H3,(H,13,14). The van der Waals surface area contributed by atoms with E-state index in [0.717, 1.165) is 19.3 Å². The van der Waals surface area contributed by atoms with Crippen LogP contribution in [0.25, 0.3) is 0 Å². The molecule has 4 unspecified atom stereocenters. The van der Waals surface area contributed by atoms with Gasteiger partial charge in [-0.2, -0.15) is 0 Å². The van der Waals surface area contributed by atoms with Crippen LogP contribution in [0.2, 0.25) is 0 Å². The van der Waals surface area contributed by atoms with Gasteiger partial charge in [0.25, 0.3) is 0 Å². The summed E-state index contributed by atoms with van der Waals surface area (Å²) in [6, 6.07) is 0. The topological polar surface area (TPSA) is 54.4 Å². The summed E-state index contributed by atoms with van der Waals surface area (Å²) in [6.07, 6.45) is 4.12. The summed E-state index contributed by atoms with van der Waals surface area (Å²) in [5, 5.41) is 8.51. The maximum atomic E-state index is 12.3. The lowest BCUT2D eigenvalue weighted by Gasteiger charge is -2.29. The number of carboxylic acid groups (broad SMARTS) is 1. The molecule has 0 aromatic heterocycles. The Hall–Kier alpha value is -0.380. The minimum atomic E-state index is -1.22. The van der Waals surface area contributed by atoms with E-state index in [2.05, 4.69) is 6.92 Å². The fourth-order valence-corrected chi connectivity index (χ4v) is 4.52. The number of rotatable bonds is 4. The highest BCUT2D eigenvalue weighted by atomic mass is 32.2. The van der Waals surface area contributed by atoms with Gasteiger partial charge in [0.2, 0.25) is 0 Å². The molecule has 1 rings (SSSR count). The molecule has 0 aromatic rings. The molecule has 4 atom stereocenters. The number of hydrogen-bond acceptors (Lipinski definition) is 2. The Morgan fingerprint density at radius 3 is 2.44 bits per heavy atom. The van der Waals surface area contributed by atoms with Crippen LogP contribution in [-0.4, -0.2) is 25.8 Å². The molecule has 0 amide bonds. The first kappa shape index (κ1) is 13.7. The lowest BCUT2D eigenvalue weighted by atomic mass is 9.90. The number of hydrogen-bond donors (Lipinski definition) is 1. The third-order valence-corrected chi connectivity index (χ3v) is 5.65. The van der Waals surface area contributed by atoms with Gasteiger partial charge in [0.15, 0.2) is 0 Å². The van der Waals surface area contributed by atoms with Gasteiger partial charge >= 0.3 is 5.97 Å². The molecular formula is C12H22O3S. The first-order valence-corrected chi connectivity index (χ1v) is 7.33. The van der Waals surface area contributed by atoms with Gasteiger partial charge < -0.3 is 5.11 Å². The zero-order valence-corrected chi connectivity index (χ0v) is 11.1. The van der Waals surface area contributed by atoms with Gasteiger partial charge in [-0.25, -0.2) is 0 Å². The molecule has 1 fully saturated rings. The Bertz CT molecular complexity index is 275. The Balaban J connectivity index is 2.70. The molecule has 4 heteroatoms. The fraction of sp³-hybridized carbons (Fsp3) is 0.917. The fourth-order valence-electron chi connectivity index (χ4n) is 2.45. The molecule has 0 aliphatic heterocycles. The minimum absolute atomic E-state index is 0.0597. The van der Waals surface area contributed by atoms with E-state index >= 15 is 0 Å². The molecule has 94 valence electrons. The summed E-state index contributed by atoms with van der Waals surface area (Å²) in [5.41, 5.74) is 0. The maximum absolute atomic E-state index is 12.3. The van der Waals surface area contributed by atoms with Gasteiger partial charge in [-0.1, -0.05) is 33.6 Å². The molecule has 1 N–H and O–H groups in total. The number of carbonyl (C=O) groups is 1. The summed E-state index contributed by atoms with van der Waals surface area (Å²) in [4.78, 5) is 11.1. The summed E-state index contributed by atoms with van der Waals surface area (Å²) in [5.74, 6) is -0.383. The van der Waals surface area contributed by atoms with Crippen molar-refractivity contribution in [2.24, 2.45) is 11.8 Å². The lowest BCUT2D eigenvalue weighted by molar-refractivity contribution is -0.137. The smallest absolute Gasteiger partial charge is 0.319 e. The molecule has 0 spiro atoms. The van der Waals surface area contributed by atoms with E-state index in [0.29, 0.717) is 5.92 Å². The van der Waals surface area contributed by atoms with E-state index in [1.807, 2.05) is 13.8 Å². The van der Waals surface area contributed by atoms with Crippen LogP contribution in [-0.2, 0) is 15.6 Å². The first-order chi connectivity index (χ1) is 7.43. The molecule has 0 saturated heterocycles. The second kappa shape index (κ2) is 5.80. The van der Waals surface area contributed by atoms with E-state index in [1.165, 1.54) is 6.42 Å². The van der Waals surface area contributed by atoms with Crippen LogP contribution < -0.4 is 0 Å². The van der Waals surface area contributed by atoms with Crippen LogP contribution in [0.4, 0.5) is 0 Å². The van der Waals surface area contributed by atoms with E-state index in [-0.39, 0.29) is 11.2 Å². The van der Waals surface area contributed by atoms with Crippen molar-refractivity contribution in [1.82, 2.24) is 0 Å². The molecule has 0 bridgehead atoms. The highest BCUT2D eigenvalue weighted by Crippen LogP contribution is 2.29. The number of aliphatic carboxylic acids is 1. The van der Waals surface area contributed by atoms with Gasteiger partial charge in [0.1, 0.15) is 5.25 Å². The molecule has 16 heavy (non-hydrogen) atoms. The second-order valence-corrected chi connectivity index (χ2v) is 7.06. The zero-order valence-electron chi connectivity index (χ0n) is 10.3. The summed E-state index contributed by atoms with van der Waals surface area (Å²) in [7, 11) is -1.22. The SMILES string of the molecule is CC1CCCC(S(=O)C(C(=O)O)C(C)C)C1. The lowest BCUT2D eigenvalue weighted by Crippen LogP contribution is -2.38. The van der Waals surface area contributed by atoms with Crippen LogP contribution in [0.3, 0.4) is 0 Å². The Morgan fingerprint density at radius 1 is 1.38 bits per heavy atom. The monoisotopic (exact) mass is 246 g/mol. The van der Waals surface area contributed by atoms with Crippen molar-refractivity contribution in [3.63, 3.8) is 0 Å². The molecule has 1 aliphatic carbocycles. The highest BCUT2D eigenvalue weighted by Gasteiger charge is 2.34. The largest absolute Gasteiger partial charge is 0.480 e. The third kappa shape index (κ3) is 3.30. The average molecular weight is 246 g/mol. The minimum Gasteiger partial charge on any atom is -0.480 e. The third-order valence-electron chi connectivity index (χ3n) is 3.32. The van der Waals surface area contributed by atoms with Crippen molar-refractivity contribution in [2.45, 2.75) is 57.0 Å². The van der Waals surface area contributed by atoms with E-state index in [9.17, 15) is 9.00 Å². The molecule has 0 radical (unpaired) electrons. The molecule has 1 saturated carbocycles. The zero-order chi connectivity index (χ0) is 12.3. The average Bonchev–Trinajstić information content (AvgIpc) is 2.16. The first-order valence-electron chi connectivity index (χ1n) is 6.05. The Kier molecular flexibility index (Phi) is 4.96. The molecule has 0 heterocycles. The summed E-state index contributed by atoms with van der Waals surface area (Å²) < 4.78 is 12.3. The molecule has 3 nitrogen and oxygen atoms in total. The highest BCUT2D eigenvalue weighted by molar-refractivity contribution is 7.87. The quantitative estimate of drug-likeness (QED) is 0.829. The van der Waals surface area contributed by atoms with Gasteiger partial charge in [-0.15, -0.1) is 0 Å². The van der Waals surface area contributed by atoms with Crippen LogP contribution in [0.5, 0.6) is 0 Å². The van der Waals surface area contributed by atoms with Gasteiger partial charge in [-0.3, -0.25) is 9.00 Å². The van der Waals surface area contributed by atoms with E-state index in [4.69, 9.17) is 5.11 Å². The summed E-state index contributed by atoms with van der Waals surface area (Å²) in [6.45, 7) is 5.83.